The van der Waals surface area contributed by atoms with Crippen LogP contribution in [0.25, 0.3) is 33.9 Å². The summed E-state index contributed by atoms with van der Waals surface area (Å²) < 4.78 is 9.65. The summed E-state index contributed by atoms with van der Waals surface area (Å²) in [6.45, 7) is 1.25. The number of benzene rings is 1. The van der Waals surface area contributed by atoms with Crippen molar-refractivity contribution in [1.82, 2.24) is 45.0 Å². The quantitative estimate of drug-likeness (QED) is 0.168. The third kappa shape index (κ3) is 7.31. The van der Waals surface area contributed by atoms with Crippen LogP contribution in [0.4, 0.5) is 4.79 Å². The number of likely N-dealkylation sites (tertiary alicyclic amines) is 2. The highest BCUT2D eigenvalue weighted by Crippen LogP contribution is 2.43. The average Bonchev–Trinajstić information content (AvgIpc) is 3.92. The van der Waals surface area contributed by atoms with Crippen LogP contribution in [0.3, 0.4) is 0 Å². The van der Waals surface area contributed by atoms with E-state index in [4.69, 9.17) is 9.47 Å². The summed E-state index contributed by atoms with van der Waals surface area (Å²) in [5.74, 6) is 1.63. The second-order valence-electron chi connectivity index (χ2n) is 14.8. The number of carbonyl (C=O) groups excluding carboxylic acids is 4. The van der Waals surface area contributed by atoms with E-state index in [9.17, 15) is 19.2 Å². The Morgan fingerprint density at radius 1 is 0.704 bits per heavy atom. The summed E-state index contributed by atoms with van der Waals surface area (Å²) in [6.07, 6.45) is 13.7. The first-order valence-corrected chi connectivity index (χ1v) is 18.9. The number of hydrogen-bond acceptors (Lipinski definition) is 10. The van der Waals surface area contributed by atoms with Crippen molar-refractivity contribution >= 4 is 23.9 Å². The van der Waals surface area contributed by atoms with Gasteiger partial charge < -0.3 is 34.6 Å². The first-order chi connectivity index (χ1) is 26.3. The molecule has 3 N–H and O–H groups in total. The molecule has 2 saturated heterocycles. The Labute approximate surface area is 312 Å². The van der Waals surface area contributed by atoms with Crippen molar-refractivity contribution in [2.75, 3.05) is 27.3 Å². The number of alkyl carbamates (subject to hydrolysis) is 1. The highest BCUT2D eigenvalue weighted by Gasteiger charge is 2.44. The van der Waals surface area contributed by atoms with Crippen molar-refractivity contribution in [2.24, 2.45) is 17.8 Å². The Bertz CT molecular complexity index is 1860. The second kappa shape index (κ2) is 15.0. The zero-order chi connectivity index (χ0) is 37.3. The lowest BCUT2D eigenvalue weighted by Gasteiger charge is -2.28. The van der Waals surface area contributed by atoms with Crippen molar-refractivity contribution < 1.29 is 28.7 Å². The zero-order valence-corrected chi connectivity index (χ0v) is 30.5. The van der Waals surface area contributed by atoms with Gasteiger partial charge in [-0.2, -0.15) is 0 Å². The minimum Gasteiger partial charge on any atom is -0.469 e. The molecule has 0 unspecified atom stereocenters. The first kappa shape index (κ1) is 35.4. The molecule has 15 heteroatoms. The number of nitrogens with zero attached hydrogens (tertiary/aromatic N) is 6. The Kier molecular flexibility index (Phi) is 9.86. The highest BCUT2D eigenvalue weighted by molar-refractivity contribution is 5.87. The third-order valence-electron chi connectivity index (χ3n) is 11.3. The number of amides is 3. The molecule has 4 atom stereocenters. The topological polar surface area (TPSA) is 188 Å². The summed E-state index contributed by atoms with van der Waals surface area (Å²) in [5, 5.41) is 2.75. The van der Waals surface area contributed by atoms with Crippen LogP contribution in [0.5, 0.6) is 0 Å². The van der Waals surface area contributed by atoms with E-state index in [0.29, 0.717) is 18.9 Å². The number of nitrogens with one attached hydrogen (secondary N) is 3. The molecule has 0 spiro atoms. The van der Waals surface area contributed by atoms with E-state index in [-0.39, 0.29) is 54.0 Å². The lowest BCUT2D eigenvalue weighted by atomic mass is 9.97. The largest absolute Gasteiger partial charge is 0.469 e. The van der Waals surface area contributed by atoms with Crippen LogP contribution in [-0.4, -0.2) is 96.9 Å². The zero-order valence-electron chi connectivity index (χ0n) is 30.5. The Balaban J connectivity index is 0.911. The molecule has 2 aliphatic heterocycles. The van der Waals surface area contributed by atoms with Crippen molar-refractivity contribution in [2.45, 2.75) is 75.9 Å². The molecule has 4 aromatic rings. The van der Waals surface area contributed by atoms with Gasteiger partial charge in [0.25, 0.3) is 0 Å². The Morgan fingerprint density at radius 2 is 1.26 bits per heavy atom. The molecule has 4 aliphatic rings. The van der Waals surface area contributed by atoms with Crippen molar-refractivity contribution in [1.29, 1.82) is 0 Å². The van der Waals surface area contributed by atoms with Crippen LogP contribution in [0.15, 0.2) is 49.1 Å². The van der Waals surface area contributed by atoms with E-state index in [1.165, 1.54) is 14.2 Å². The molecule has 3 aromatic heterocycles. The smallest absolute Gasteiger partial charge is 0.407 e. The Hall–Kier alpha value is -5.60. The number of rotatable bonds is 12. The Morgan fingerprint density at radius 3 is 1.81 bits per heavy atom. The SMILES string of the molecule is COC(=O)C[C@H](C(=O)N1CCC[C@H]1c1ncc(-c2cnc(-c3ccc(-c4cnc([C@@H]5CCCN5C(=O)[C@@H](NC(=O)OC)C5CC5)[nH]4)cc3)nc2)[nH]1)C1CC1. The van der Waals surface area contributed by atoms with Crippen LogP contribution in [-0.2, 0) is 23.9 Å². The number of imidazole rings is 2. The number of esters is 1. The average molecular weight is 736 g/mol. The fourth-order valence-corrected chi connectivity index (χ4v) is 7.96. The molecular formula is C39H45N9O6. The van der Waals surface area contributed by atoms with Gasteiger partial charge in [0.05, 0.1) is 62.4 Å². The van der Waals surface area contributed by atoms with Crippen LogP contribution in [0.1, 0.15) is 81.5 Å². The minimum atomic E-state index is -0.591. The number of hydrogen-bond donors (Lipinski definition) is 3. The summed E-state index contributed by atoms with van der Waals surface area (Å²) in [7, 11) is 2.67. The molecule has 8 rings (SSSR count). The predicted octanol–water partition coefficient (Wildman–Crippen LogP) is 4.97. The monoisotopic (exact) mass is 735 g/mol. The summed E-state index contributed by atoms with van der Waals surface area (Å²) in [6, 6.07) is 6.94. The number of carbonyl (C=O) groups is 4. The number of aromatic nitrogens is 6. The first-order valence-electron chi connectivity index (χ1n) is 18.9. The van der Waals surface area contributed by atoms with Gasteiger partial charge in [0.15, 0.2) is 5.82 Å². The van der Waals surface area contributed by atoms with Crippen molar-refractivity contribution in [3.8, 4) is 33.9 Å². The van der Waals surface area contributed by atoms with Gasteiger partial charge in [-0.05, 0) is 68.8 Å². The van der Waals surface area contributed by atoms with E-state index in [0.717, 1.165) is 91.1 Å². The predicted molar refractivity (Wildman–Crippen MR) is 195 cm³/mol. The van der Waals surface area contributed by atoms with E-state index in [2.05, 4.69) is 35.2 Å². The maximum absolute atomic E-state index is 13.6. The van der Waals surface area contributed by atoms with E-state index in [1.54, 1.807) is 24.8 Å². The van der Waals surface area contributed by atoms with Gasteiger partial charge >= 0.3 is 12.1 Å². The number of methoxy groups -OCH3 is 2. The van der Waals surface area contributed by atoms with E-state index in [1.807, 2.05) is 34.1 Å². The van der Waals surface area contributed by atoms with Crippen LogP contribution in [0.2, 0.25) is 0 Å². The molecule has 0 radical (unpaired) electrons. The van der Waals surface area contributed by atoms with Gasteiger partial charge in [-0.3, -0.25) is 14.4 Å². The van der Waals surface area contributed by atoms with Crippen molar-refractivity contribution in [3.05, 3.63) is 60.7 Å². The van der Waals surface area contributed by atoms with E-state index < -0.39 is 12.1 Å². The summed E-state index contributed by atoms with van der Waals surface area (Å²) in [5.41, 5.74) is 4.17. The van der Waals surface area contributed by atoms with Crippen LogP contribution in [0, 0.1) is 17.8 Å². The second-order valence-corrected chi connectivity index (χ2v) is 14.8. The normalized spacial score (nSPS) is 20.8. The molecule has 54 heavy (non-hydrogen) atoms. The molecule has 5 heterocycles. The number of H-pyrrole nitrogens is 2. The third-order valence-corrected chi connectivity index (χ3v) is 11.3. The lowest BCUT2D eigenvalue weighted by molar-refractivity contribution is -0.148. The maximum Gasteiger partial charge on any atom is 0.407 e. The van der Waals surface area contributed by atoms with Gasteiger partial charge in [0.1, 0.15) is 17.7 Å². The molecular weight excluding hydrogens is 690 g/mol. The molecule has 2 aliphatic carbocycles. The molecule has 2 saturated carbocycles. The fourth-order valence-electron chi connectivity index (χ4n) is 7.96. The van der Waals surface area contributed by atoms with Crippen molar-refractivity contribution in [3.63, 3.8) is 0 Å². The van der Waals surface area contributed by atoms with Gasteiger partial charge in [-0.15, -0.1) is 0 Å². The van der Waals surface area contributed by atoms with Gasteiger partial charge in [-0.1, -0.05) is 24.3 Å². The van der Waals surface area contributed by atoms with Crippen LogP contribution < -0.4 is 5.32 Å². The summed E-state index contributed by atoms with van der Waals surface area (Å²) in [4.78, 5) is 80.3. The van der Waals surface area contributed by atoms with Crippen LogP contribution >= 0.6 is 0 Å². The highest BCUT2D eigenvalue weighted by atomic mass is 16.5. The molecule has 0 bridgehead atoms. The molecule has 4 fully saturated rings. The summed E-state index contributed by atoms with van der Waals surface area (Å²) >= 11 is 0. The van der Waals surface area contributed by atoms with E-state index >= 15 is 0 Å². The molecule has 15 nitrogen and oxygen atoms in total. The minimum absolute atomic E-state index is 0.00986. The fraction of sp³-hybridized carbons (Fsp3) is 0.487. The molecule has 3 amide bonds. The maximum atomic E-state index is 13.6. The number of aromatic amines is 2. The number of ether oxygens (including phenoxy) is 2. The van der Waals surface area contributed by atoms with Gasteiger partial charge in [0, 0.05) is 36.6 Å². The van der Waals surface area contributed by atoms with Gasteiger partial charge in [0.2, 0.25) is 11.8 Å². The standard InChI is InChI=1S/C39H45N9O6/c1-53-32(49)17-27(22-7-8-22)37(50)47-15-3-5-30(47)35-43-21-29(45-35)26-18-40-34(41-19-26)25-13-9-23(10-14-25)28-20-42-36(44-28)31-6-4-16-48(31)38(51)33(24-11-12-24)46-39(52)54-2/h9-10,13-14,18-22,24,27,30-31,33H,3-8,11-12,15-17H2,1-2H3,(H,42,44)(H,43,45)(H,46,52)/t27-,30-,31-,33-/m0/s1. The van der Waals surface area contributed by atoms with Gasteiger partial charge in [-0.25, -0.2) is 24.7 Å². The molecule has 1 aromatic carbocycles. The lowest BCUT2D eigenvalue weighted by Crippen LogP contribution is -2.49. The molecule has 282 valence electrons.